The van der Waals surface area contributed by atoms with Gasteiger partial charge in [-0.3, -0.25) is 14.5 Å². The summed E-state index contributed by atoms with van der Waals surface area (Å²) in [4.78, 5) is 40.4. The molecule has 9 nitrogen and oxygen atoms in total. The number of rotatable bonds is 2. The van der Waals surface area contributed by atoms with Crippen molar-refractivity contribution >= 4 is 28.7 Å². The first-order valence-electron chi connectivity index (χ1n) is 9.69. The van der Waals surface area contributed by atoms with Crippen LogP contribution in [-0.4, -0.2) is 95.8 Å². The zero-order chi connectivity index (χ0) is 23.7. The predicted octanol–water partition coefficient (Wildman–Crippen LogP) is 1.07. The minimum Gasteiger partial charge on any atom is -0.475 e. The van der Waals surface area contributed by atoms with Crippen molar-refractivity contribution in [2.45, 2.75) is 17.8 Å². The molecule has 2 amide bonds. The van der Waals surface area contributed by atoms with Crippen LogP contribution in [-0.2, 0) is 14.3 Å². The second kappa shape index (κ2) is 8.79. The third-order valence-corrected chi connectivity index (χ3v) is 5.41. The number of halogens is 3. The molecule has 4 rings (SSSR count). The third-order valence-electron chi connectivity index (χ3n) is 5.41. The van der Waals surface area contributed by atoms with Crippen LogP contribution in [0.3, 0.4) is 0 Å². The van der Waals surface area contributed by atoms with Crippen LogP contribution in [0.4, 0.5) is 13.2 Å². The second-order valence-corrected chi connectivity index (χ2v) is 7.77. The summed E-state index contributed by atoms with van der Waals surface area (Å²) in [6, 6.07) is 9.46. The Hall–Kier alpha value is -3.12. The van der Waals surface area contributed by atoms with E-state index >= 15 is 0 Å². The van der Waals surface area contributed by atoms with Gasteiger partial charge in [-0.1, -0.05) is 18.2 Å². The Morgan fingerprint density at radius 3 is 2.38 bits per heavy atom. The van der Waals surface area contributed by atoms with Gasteiger partial charge in [-0.2, -0.15) is 13.2 Å². The number of ether oxygens (including phenoxy) is 1. The number of aliphatic carboxylic acids is 1. The molecular weight excluding hydrogens is 433 g/mol. The number of hydrogen-bond acceptors (Lipinski definition) is 5. The molecule has 3 N–H and O–H groups in total. The Morgan fingerprint density at radius 2 is 1.84 bits per heavy atom. The van der Waals surface area contributed by atoms with E-state index in [0.717, 1.165) is 10.9 Å². The molecule has 3 heterocycles. The van der Waals surface area contributed by atoms with Crippen LogP contribution in [0.15, 0.2) is 30.3 Å². The second-order valence-electron chi connectivity index (χ2n) is 7.77. The number of amides is 2. The first-order chi connectivity index (χ1) is 15.0. The Balaban J connectivity index is 0.000000360. The van der Waals surface area contributed by atoms with E-state index in [4.69, 9.17) is 14.6 Å². The first-order valence-corrected chi connectivity index (χ1v) is 9.69. The average molecular weight is 456 g/mol. The number of H-pyrrole nitrogens is 1. The predicted molar refractivity (Wildman–Crippen MR) is 107 cm³/mol. The van der Waals surface area contributed by atoms with Gasteiger partial charge in [-0.25, -0.2) is 4.79 Å². The fourth-order valence-electron chi connectivity index (χ4n) is 3.78. The van der Waals surface area contributed by atoms with Gasteiger partial charge < -0.3 is 25.0 Å². The quantitative estimate of drug-likeness (QED) is 0.623. The molecule has 12 heteroatoms. The van der Waals surface area contributed by atoms with Gasteiger partial charge in [-0.15, -0.1) is 0 Å². The summed E-state index contributed by atoms with van der Waals surface area (Å²) in [6.45, 7) is 2.09. The SMILES string of the molecule is CNC(=O)C1COC2(CN(C(=O)c3cc4ccccc4[nH]3)C2)CN1C.O=C(O)C(F)(F)F. The highest BCUT2D eigenvalue weighted by molar-refractivity contribution is 5.98. The third kappa shape index (κ3) is 4.86. The van der Waals surface area contributed by atoms with Gasteiger partial charge in [-0.05, 0) is 19.2 Å². The maximum Gasteiger partial charge on any atom is 0.490 e. The van der Waals surface area contributed by atoms with Crippen LogP contribution in [0.2, 0.25) is 0 Å². The van der Waals surface area contributed by atoms with Crippen molar-refractivity contribution in [1.29, 1.82) is 0 Å². The highest BCUT2D eigenvalue weighted by Gasteiger charge is 2.51. The number of carboxylic acid groups (broad SMARTS) is 1. The van der Waals surface area contributed by atoms with E-state index in [1.807, 2.05) is 42.3 Å². The smallest absolute Gasteiger partial charge is 0.475 e. The number of para-hydroxylation sites is 1. The summed E-state index contributed by atoms with van der Waals surface area (Å²) in [5.41, 5.74) is 1.20. The fraction of sp³-hybridized carbons (Fsp3) is 0.450. The Morgan fingerprint density at radius 1 is 1.22 bits per heavy atom. The highest BCUT2D eigenvalue weighted by atomic mass is 19.4. The summed E-state index contributed by atoms with van der Waals surface area (Å²) in [5, 5.41) is 10.8. The molecule has 1 aromatic carbocycles. The summed E-state index contributed by atoms with van der Waals surface area (Å²) in [5.74, 6) is -2.81. The van der Waals surface area contributed by atoms with Crippen molar-refractivity contribution in [3.8, 4) is 0 Å². The molecule has 2 saturated heterocycles. The van der Waals surface area contributed by atoms with E-state index in [0.29, 0.717) is 31.9 Å². The summed E-state index contributed by atoms with van der Waals surface area (Å²) in [6.07, 6.45) is -5.08. The number of fused-ring (bicyclic) bond motifs is 1. The van der Waals surface area contributed by atoms with Gasteiger partial charge in [0.2, 0.25) is 5.91 Å². The zero-order valence-corrected chi connectivity index (χ0v) is 17.4. The minimum atomic E-state index is -5.08. The van der Waals surface area contributed by atoms with Gasteiger partial charge in [0.1, 0.15) is 17.3 Å². The number of likely N-dealkylation sites (tertiary alicyclic amines) is 1. The number of carboxylic acids is 1. The highest BCUT2D eigenvalue weighted by Crippen LogP contribution is 2.32. The van der Waals surface area contributed by atoms with Gasteiger partial charge in [0.05, 0.1) is 19.7 Å². The number of nitrogens with one attached hydrogen (secondary N) is 2. The van der Waals surface area contributed by atoms with Crippen molar-refractivity contribution in [3.05, 3.63) is 36.0 Å². The molecule has 0 bridgehead atoms. The number of carbonyl (C=O) groups excluding carboxylic acids is 2. The van der Waals surface area contributed by atoms with E-state index in [1.165, 1.54) is 0 Å². The molecular formula is C20H23F3N4O5. The number of hydrogen-bond donors (Lipinski definition) is 3. The summed E-state index contributed by atoms with van der Waals surface area (Å²) in [7, 11) is 3.55. The van der Waals surface area contributed by atoms with Crippen molar-refractivity contribution < 1.29 is 37.4 Å². The van der Waals surface area contributed by atoms with Gasteiger partial charge in [0.25, 0.3) is 5.91 Å². The molecule has 2 aromatic rings. The van der Waals surface area contributed by atoms with Crippen molar-refractivity contribution in [2.24, 2.45) is 0 Å². The molecule has 1 unspecified atom stereocenters. The maximum absolute atomic E-state index is 12.7. The largest absolute Gasteiger partial charge is 0.490 e. The average Bonchev–Trinajstić information content (AvgIpc) is 3.15. The number of likely N-dealkylation sites (N-methyl/N-ethyl adjacent to an activating group) is 2. The lowest BCUT2D eigenvalue weighted by atomic mass is 9.90. The lowest BCUT2D eigenvalue weighted by Crippen LogP contribution is -2.73. The fourth-order valence-corrected chi connectivity index (χ4v) is 3.78. The van der Waals surface area contributed by atoms with Gasteiger partial charge >= 0.3 is 12.1 Å². The molecule has 2 fully saturated rings. The number of aromatic amines is 1. The Kier molecular flexibility index (Phi) is 6.46. The van der Waals surface area contributed by atoms with E-state index in [9.17, 15) is 22.8 Å². The number of morpholine rings is 1. The standard InChI is InChI=1S/C18H22N4O3.C2HF3O2/c1-19-16(23)15-8-25-18(9-21(15)2)10-22(11-18)17(24)14-7-12-5-3-4-6-13(12)20-14;3-2(4,5)1(6)7/h3-7,15,20H,8-11H2,1-2H3,(H,19,23);(H,6,7). The lowest BCUT2D eigenvalue weighted by Gasteiger charge is -2.54. The molecule has 0 saturated carbocycles. The summed E-state index contributed by atoms with van der Waals surface area (Å²) >= 11 is 0. The van der Waals surface area contributed by atoms with Crippen LogP contribution in [0.25, 0.3) is 10.9 Å². The van der Waals surface area contributed by atoms with Crippen molar-refractivity contribution in [1.82, 2.24) is 20.1 Å². The molecule has 1 aromatic heterocycles. The molecule has 32 heavy (non-hydrogen) atoms. The van der Waals surface area contributed by atoms with Crippen molar-refractivity contribution in [2.75, 3.05) is 40.3 Å². The normalized spacial score (nSPS) is 20.3. The number of carbonyl (C=O) groups is 3. The van der Waals surface area contributed by atoms with E-state index in [2.05, 4.69) is 10.3 Å². The molecule has 0 radical (unpaired) electrons. The van der Waals surface area contributed by atoms with E-state index in [-0.39, 0.29) is 23.5 Å². The minimum absolute atomic E-state index is 0.0125. The van der Waals surface area contributed by atoms with Crippen molar-refractivity contribution in [3.63, 3.8) is 0 Å². The maximum atomic E-state index is 12.7. The first kappa shape index (κ1) is 23.5. The Bertz CT molecular complexity index is 983. The van der Waals surface area contributed by atoms with Crippen LogP contribution >= 0.6 is 0 Å². The van der Waals surface area contributed by atoms with Crippen LogP contribution in [0, 0.1) is 0 Å². The molecule has 174 valence electrons. The number of nitrogens with zero attached hydrogens (tertiary/aromatic N) is 2. The molecule has 1 spiro atoms. The van der Waals surface area contributed by atoms with Gasteiger partial charge in [0, 0.05) is 24.5 Å². The molecule has 1 atom stereocenters. The molecule has 0 aliphatic carbocycles. The molecule has 2 aliphatic heterocycles. The van der Waals surface area contributed by atoms with Gasteiger partial charge in [0.15, 0.2) is 0 Å². The van der Waals surface area contributed by atoms with E-state index < -0.39 is 12.1 Å². The zero-order valence-electron chi connectivity index (χ0n) is 17.4. The summed E-state index contributed by atoms with van der Waals surface area (Å²) < 4.78 is 37.7. The number of aromatic nitrogens is 1. The monoisotopic (exact) mass is 456 g/mol. The van der Waals surface area contributed by atoms with E-state index in [1.54, 1.807) is 11.9 Å². The molecule has 2 aliphatic rings. The number of benzene rings is 1. The topological polar surface area (TPSA) is 115 Å². The number of alkyl halides is 3. The van der Waals surface area contributed by atoms with Crippen LogP contribution < -0.4 is 5.32 Å². The lowest BCUT2D eigenvalue weighted by molar-refractivity contribution is -0.192. The Labute approximate surface area is 181 Å². The van der Waals surface area contributed by atoms with Crippen LogP contribution in [0.5, 0.6) is 0 Å². The van der Waals surface area contributed by atoms with Crippen LogP contribution in [0.1, 0.15) is 10.5 Å².